The second kappa shape index (κ2) is 4.98. The Kier molecular flexibility index (Phi) is 3.85. The first-order valence-corrected chi connectivity index (χ1v) is 7.29. The van der Waals surface area contributed by atoms with Crippen LogP contribution >= 0.6 is 0 Å². The van der Waals surface area contributed by atoms with Gasteiger partial charge in [0.05, 0.1) is 20.3 Å². The van der Waals surface area contributed by atoms with Crippen LogP contribution in [0, 0.1) is 0 Å². The molecule has 2 saturated heterocycles. The van der Waals surface area contributed by atoms with Crippen molar-refractivity contribution in [1.29, 1.82) is 0 Å². The first kappa shape index (κ1) is 14.7. The molecule has 2 aliphatic heterocycles. The van der Waals surface area contributed by atoms with Crippen molar-refractivity contribution in [1.82, 2.24) is 9.37 Å². The summed E-state index contributed by atoms with van der Waals surface area (Å²) in [5.74, 6) is -0.456. The fourth-order valence-electron chi connectivity index (χ4n) is 2.49. The van der Waals surface area contributed by atoms with Crippen LogP contribution in [0.15, 0.2) is 0 Å². The summed E-state index contributed by atoms with van der Waals surface area (Å²) in [5, 5.41) is 1.65. The third-order valence-corrected chi connectivity index (χ3v) is 4.86. The van der Waals surface area contributed by atoms with E-state index in [-0.39, 0.29) is 19.1 Å². The van der Waals surface area contributed by atoms with Crippen molar-refractivity contribution in [3.8, 4) is 0 Å². The number of nitrogens with zero attached hydrogens (tertiary/aromatic N) is 2. The van der Waals surface area contributed by atoms with E-state index in [1.807, 2.05) is 0 Å². The van der Waals surface area contributed by atoms with Gasteiger partial charge in [0.15, 0.2) is 5.60 Å². The molecule has 2 heterocycles. The normalized spacial score (nSPS) is 33.1. The van der Waals surface area contributed by atoms with E-state index >= 15 is 0 Å². The summed E-state index contributed by atoms with van der Waals surface area (Å²) in [7, 11) is -1.26. The van der Waals surface area contributed by atoms with E-state index in [1.54, 1.807) is 12.0 Å². The van der Waals surface area contributed by atoms with Crippen molar-refractivity contribution < 1.29 is 27.0 Å². The zero-order chi connectivity index (χ0) is 14.3. The summed E-state index contributed by atoms with van der Waals surface area (Å²) < 4.78 is 33.7. The highest BCUT2D eigenvalue weighted by molar-refractivity contribution is 7.84. The average molecular weight is 294 g/mol. The maximum absolute atomic E-state index is 11.7. The molecular formula is C10H18N2O6S. The molecular weight excluding hydrogens is 276 g/mol. The van der Waals surface area contributed by atoms with Gasteiger partial charge in [0.1, 0.15) is 0 Å². The molecule has 8 nitrogen and oxygen atoms in total. The number of rotatable bonds is 3. The van der Waals surface area contributed by atoms with Gasteiger partial charge in [0.25, 0.3) is 0 Å². The zero-order valence-corrected chi connectivity index (χ0v) is 12.0. The molecule has 110 valence electrons. The highest BCUT2D eigenvalue weighted by atomic mass is 32.2. The van der Waals surface area contributed by atoms with Gasteiger partial charge in [-0.25, -0.2) is 4.79 Å². The number of hydrogen-bond donors (Lipinski definition) is 0. The van der Waals surface area contributed by atoms with Gasteiger partial charge in [0, 0.05) is 26.1 Å². The van der Waals surface area contributed by atoms with Crippen LogP contribution in [0.2, 0.25) is 0 Å². The van der Waals surface area contributed by atoms with Crippen molar-refractivity contribution in [3.05, 3.63) is 0 Å². The molecule has 19 heavy (non-hydrogen) atoms. The summed E-state index contributed by atoms with van der Waals surface area (Å²) >= 11 is 0. The van der Waals surface area contributed by atoms with E-state index in [2.05, 4.69) is 4.18 Å². The Bertz CT molecular complexity index is 467. The standard InChI is InChI=1S/C10H18N2O6S/c1-10(9(13)16-2)6-8-7-11(19(14,15)17-3)4-5-12(8)18-10/h8H,4-7H2,1-3H3/t8-,10+/m0/s1. The fraction of sp³-hybridized carbons (Fsp3) is 0.900. The van der Waals surface area contributed by atoms with Gasteiger partial charge >= 0.3 is 16.3 Å². The average Bonchev–Trinajstić information content (AvgIpc) is 2.74. The smallest absolute Gasteiger partial charge is 0.340 e. The van der Waals surface area contributed by atoms with Crippen LogP contribution in [-0.4, -0.2) is 69.3 Å². The van der Waals surface area contributed by atoms with Gasteiger partial charge in [0.2, 0.25) is 0 Å². The number of hydrogen-bond acceptors (Lipinski definition) is 7. The highest BCUT2D eigenvalue weighted by Gasteiger charge is 2.51. The summed E-state index contributed by atoms with van der Waals surface area (Å²) in [5.41, 5.74) is -1.05. The van der Waals surface area contributed by atoms with Gasteiger partial charge in [-0.3, -0.25) is 9.02 Å². The van der Waals surface area contributed by atoms with Crippen LogP contribution in [0.25, 0.3) is 0 Å². The maximum atomic E-state index is 11.7. The van der Waals surface area contributed by atoms with Crippen molar-refractivity contribution in [3.63, 3.8) is 0 Å². The zero-order valence-electron chi connectivity index (χ0n) is 11.2. The summed E-state index contributed by atoms with van der Waals surface area (Å²) in [6, 6.07) is -0.178. The minimum atomic E-state index is -3.69. The Morgan fingerprint density at radius 1 is 1.37 bits per heavy atom. The molecule has 0 aliphatic carbocycles. The van der Waals surface area contributed by atoms with Crippen LogP contribution in [0.5, 0.6) is 0 Å². The van der Waals surface area contributed by atoms with Gasteiger partial charge in [-0.05, 0) is 6.92 Å². The number of ether oxygens (including phenoxy) is 1. The van der Waals surface area contributed by atoms with Gasteiger partial charge in [-0.2, -0.15) is 17.8 Å². The lowest BCUT2D eigenvalue weighted by atomic mass is 9.98. The monoisotopic (exact) mass is 294 g/mol. The molecule has 0 aromatic heterocycles. The molecule has 0 radical (unpaired) electrons. The van der Waals surface area contributed by atoms with Crippen molar-refractivity contribution in [2.24, 2.45) is 0 Å². The molecule has 0 bridgehead atoms. The Morgan fingerprint density at radius 3 is 2.63 bits per heavy atom. The van der Waals surface area contributed by atoms with E-state index in [9.17, 15) is 13.2 Å². The quantitative estimate of drug-likeness (QED) is 0.625. The lowest BCUT2D eigenvalue weighted by molar-refractivity contribution is -0.220. The van der Waals surface area contributed by atoms with E-state index in [0.717, 1.165) is 7.11 Å². The number of esters is 1. The predicted molar refractivity (Wildman–Crippen MR) is 64.1 cm³/mol. The second-order valence-corrected chi connectivity index (χ2v) is 6.50. The minimum absolute atomic E-state index is 0.178. The molecule has 0 aromatic rings. The molecule has 0 amide bonds. The molecule has 2 rings (SSSR count). The summed E-state index contributed by atoms with van der Waals surface area (Å²) in [4.78, 5) is 17.3. The first-order valence-electron chi connectivity index (χ1n) is 5.92. The molecule has 9 heteroatoms. The number of carbonyl (C=O) groups is 1. The third-order valence-electron chi connectivity index (χ3n) is 3.48. The van der Waals surface area contributed by atoms with Crippen LogP contribution in [-0.2, 0) is 28.9 Å². The number of hydroxylamine groups is 2. The molecule has 0 N–H and O–H groups in total. The van der Waals surface area contributed by atoms with Crippen LogP contribution in [0.1, 0.15) is 13.3 Å². The van der Waals surface area contributed by atoms with Gasteiger partial charge in [-0.1, -0.05) is 0 Å². The fourth-order valence-corrected chi connectivity index (χ4v) is 3.36. The van der Waals surface area contributed by atoms with E-state index in [0.29, 0.717) is 13.0 Å². The maximum Gasteiger partial charge on any atom is 0.340 e. The molecule has 2 atom stereocenters. The topological polar surface area (TPSA) is 85.4 Å². The molecule has 0 aromatic carbocycles. The molecule has 0 unspecified atom stereocenters. The van der Waals surface area contributed by atoms with Crippen LogP contribution in [0.4, 0.5) is 0 Å². The Hall–Kier alpha value is -0.740. The second-order valence-electron chi connectivity index (χ2n) is 4.79. The molecule has 0 saturated carbocycles. The van der Waals surface area contributed by atoms with Crippen LogP contribution in [0.3, 0.4) is 0 Å². The number of methoxy groups -OCH3 is 1. The first-order chi connectivity index (χ1) is 8.82. The Morgan fingerprint density at radius 2 is 2.05 bits per heavy atom. The SMILES string of the molecule is COC(=O)[C@@]1(C)C[C@H]2CN(S(=O)(=O)OC)CCN2O1. The third kappa shape index (κ3) is 2.61. The van der Waals surface area contributed by atoms with E-state index < -0.39 is 21.9 Å². The minimum Gasteiger partial charge on any atom is -0.467 e. The largest absolute Gasteiger partial charge is 0.467 e. The van der Waals surface area contributed by atoms with Gasteiger partial charge < -0.3 is 4.74 Å². The molecule has 2 aliphatic rings. The van der Waals surface area contributed by atoms with E-state index in [4.69, 9.17) is 9.57 Å². The predicted octanol–water partition coefficient (Wildman–Crippen LogP) is -0.869. The lowest BCUT2D eigenvalue weighted by Gasteiger charge is -2.34. The Labute approximate surface area is 112 Å². The summed E-state index contributed by atoms with van der Waals surface area (Å²) in [6.45, 7) is 2.54. The van der Waals surface area contributed by atoms with Crippen molar-refractivity contribution in [2.45, 2.75) is 25.0 Å². The number of piperazine rings is 1. The van der Waals surface area contributed by atoms with Crippen LogP contribution < -0.4 is 0 Å². The number of fused-ring (bicyclic) bond motifs is 1. The molecule has 0 spiro atoms. The lowest BCUT2D eigenvalue weighted by Crippen LogP contribution is -2.51. The number of carbonyl (C=O) groups excluding carboxylic acids is 1. The van der Waals surface area contributed by atoms with Gasteiger partial charge in [-0.15, -0.1) is 0 Å². The van der Waals surface area contributed by atoms with Crippen molar-refractivity contribution >= 4 is 16.3 Å². The summed E-state index contributed by atoms with van der Waals surface area (Å²) in [6.07, 6.45) is 0.384. The molecule has 2 fully saturated rings. The Balaban J connectivity index is 2.10. The highest BCUT2D eigenvalue weighted by Crippen LogP contribution is 2.34. The van der Waals surface area contributed by atoms with E-state index in [1.165, 1.54) is 11.4 Å². The van der Waals surface area contributed by atoms with Crippen molar-refractivity contribution in [2.75, 3.05) is 33.9 Å².